The molecule has 8 heteroatoms. The van der Waals surface area contributed by atoms with Gasteiger partial charge in [-0.2, -0.15) is 0 Å². The molecule has 2 aliphatic rings. The molecule has 0 radical (unpaired) electrons. The van der Waals surface area contributed by atoms with Gasteiger partial charge in [-0.05, 0) is 33.6 Å². The Morgan fingerprint density at radius 1 is 1.31 bits per heavy atom. The maximum atomic E-state index is 12.5. The summed E-state index contributed by atoms with van der Waals surface area (Å²) < 4.78 is 4.96. The maximum absolute atomic E-state index is 12.5. The molecule has 1 aromatic heterocycles. The van der Waals surface area contributed by atoms with Gasteiger partial charge >= 0.3 is 0 Å². The molecule has 0 aromatic carbocycles. The van der Waals surface area contributed by atoms with E-state index in [0.29, 0.717) is 43.9 Å². The largest absolute Gasteiger partial charge is 0.361 e. The lowest BCUT2D eigenvalue weighted by Gasteiger charge is -2.32. The fourth-order valence-electron chi connectivity index (χ4n) is 3.58. The first-order chi connectivity index (χ1) is 12.3. The Bertz CT molecular complexity index is 691. The molecule has 3 rings (SSSR count). The monoisotopic (exact) mass is 362 g/mol. The van der Waals surface area contributed by atoms with Crippen LogP contribution in [0.5, 0.6) is 0 Å². The summed E-state index contributed by atoms with van der Waals surface area (Å²) in [7, 11) is 0. The summed E-state index contributed by atoms with van der Waals surface area (Å²) in [4.78, 5) is 40.3. The number of nitrogens with zero attached hydrogens (tertiary/aromatic N) is 3. The van der Waals surface area contributed by atoms with Gasteiger partial charge in [0.05, 0.1) is 5.92 Å². The summed E-state index contributed by atoms with van der Waals surface area (Å²) in [6.07, 6.45) is 1.68. The number of hydrogen-bond donors (Lipinski definition) is 1. The molecule has 26 heavy (non-hydrogen) atoms. The molecular formula is C18H26N4O4. The van der Waals surface area contributed by atoms with Crippen LogP contribution < -0.4 is 5.32 Å². The second kappa shape index (κ2) is 7.47. The van der Waals surface area contributed by atoms with Crippen molar-refractivity contribution in [3.63, 3.8) is 0 Å². The second-order valence-corrected chi connectivity index (χ2v) is 7.44. The van der Waals surface area contributed by atoms with Crippen LogP contribution in [-0.2, 0) is 9.59 Å². The highest BCUT2D eigenvalue weighted by Gasteiger charge is 2.36. The fourth-order valence-corrected chi connectivity index (χ4v) is 3.58. The van der Waals surface area contributed by atoms with Crippen LogP contribution in [0.3, 0.4) is 0 Å². The molecule has 8 nitrogen and oxygen atoms in total. The molecule has 3 heterocycles. The number of aromatic nitrogens is 1. The number of carbonyl (C=O) groups is 3. The first kappa shape index (κ1) is 18.4. The number of aryl methyl sites for hydroxylation is 1. The fraction of sp³-hybridized carbons (Fsp3) is 0.667. The molecule has 3 amide bonds. The van der Waals surface area contributed by atoms with Crippen molar-refractivity contribution < 1.29 is 18.9 Å². The number of nitrogens with one attached hydrogen (secondary N) is 1. The number of amides is 3. The minimum absolute atomic E-state index is 0.0359. The van der Waals surface area contributed by atoms with Gasteiger partial charge in [0.2, 0.25) is 11.8 Å². The van der Waals surface area contributed by atoms with Gasteiger partial charge in [-0.15, -0.1) is 0 Å². The van der Waals surface area contributed by atoms with Crippen LogP contribution in [0.25, 0.3) is 0 Å². The zero-order chi connectivity index (χ0) is 18.8. The van der Waals surface area contributed by atoms with Crippen molar-refractivity contribution in [2.75, 3.05) is 19.6 Å². The van der Waals surface area contributed by atoms with Gasteiger partial charge in [0.15, 0.2) is 5.69 Å². The van der Waals surface area contributed by atoms with Gasteiger partial charge in [-0.1, -0.05) is 5.16 Å². The van der Waals surface area contributed by atoms with E-state index in [4.69, 9.17) is 4.52 Å². The van der Waals surface area contributed by atoms with E-state index in [-0.39, 0.29) is 42.1 Å². The summed E-state index contributed by atoms with van der Waals surface area (Å²) >= 11 is 0. The molecule has 0 bridgehead atoms. The predicted octanol–water partition coefficient (Wildman–Crippen LogP) is 0.961. The first-order valence-corrected chi connectivity index (χ1v) is 9.17. The van der Waals surface area contributed by atoms with Crippen LogP contribution in [0, 0.1) is 12.8 Å². The van der Waals surface area contributed by atoms with E-state index in [0.717, 1.165) is 0 Å². The van der Waals surface area contributed by atoms with Crippen molar-refractivity contribution in [3.05, 3.63) is 17.5 Å². The average molecular weight is 362 g/mol. The quantitative estimate of drug-likeness (QED) is 0.861. The maximum Gasteiger partial charge on any atom is 0.276 e. The summed E-state index contributed by atoms with van der Waals surface area (Å²) in [5.41, 5.74) is 0.322. The van der Waals surface area contributed by atoms with Gasteiger partial charge < -0.3 is 19.6 Å². The summed E-state index contributed by atoms with van der Waals surface area (Å²) in [6, 6.07) is 1.79. The number of hydrogen-bond acceptors (Lipinski definition) is 5. The van der Waals surface area contributed by atoms with Crippen molar-refractivity contribution in [3.8, 4) is 0 Å². The molecule has 2 aliphatic heterocycles. The zero-order valence-corrected chi connectivity index (χ0v) is 15.5. The van der Waals surface area contributed by atoms with E-state index in [9.17, 15) is 14.4 Å². The van der Waals surface area contributed by atoms with Gasteiger partial charge in [-0.3, -0.25) is 14.4 Å². The summed E-state index contributed by atoms with van der Waals surface area (Å²) in [5, 5.41) is 6.82. The van der Waals surface area contributed by atoms with E-state index >= 15 is 0 Å². The first-order valence-electron chi connectivity index (χ1n) is 9.17. The molecule has 0 aliphatic carbocycles. The third-order valence-electron chi connectivity index (χ3n) is 5.13. The van der Waals surface area contributed by atoms with E-state index in [1.165, 1.54) is 0 Å². The standard InChI is InChI=1S/C18H26N4O4/c1-11(2)22-10-13(9-16(22)23)17(24)19-14-4-6-21(7-5-14)18(25)15-8-12(3)26-20-15/h8,11,13-14H,4-7,9-10H2,1-3H3,(H,19,24). The Kier molecular flexibility index (Phi) is 5.29. The van der Waals surface area contributed by atoms with E-state index < -0.39 is 0 Å². The number of rotatable bonds is 4. The van der Waals surface area contributed by atoms with Gasteiger partial charge in [0.25, 0.3) is 5.91 Å². The lowest BCUT2D eigenvalue weighted by Crippen LogP contribution is -2.48. The van der Waals surface area contributed by atoms with Crippen molar-refractivity contribution >= 4 is 17.7 Å². The molecule has 142 valence electrons. The number of likely N-dealkylation sites (tertiary alicyclic amines) is 2. The van der Waals surface area contributed by atoms with E-state index in [1.54, 1.807) is 22.8 Å². The zero-order valence-electron chi connectivity index (χ0n) is 15.5. The highest BCUT2D eigenvalue weighted by atomic mass is 16.5. The Morgan fingerprint density at radius 2 is 2.00 bits per heavy atom. The van der Waals surface area contributed by atoms with Crippen LogP contribution in [-0.4, -0.2) is 64.4 Å². The second-order valence-electron chi connectivity index (χ2n) is 7.44. The van der Waals surface area contributed by atoms with Crippen LogP contribution in [0.2, 0.25) is 0 Å². The molecule has 0 saturated carbocycles. The third kappa shape index (κ3) is 3.89. The van der Waals surface area contributed by atoms with Crippen molar-refractivity contribution in [2.45, 2.75) is 52.1 Å². The molecule has 1 atom stereocenters. The third-order valence-corrected chi connectivity index (χ3v) is 5.13. The minimum Gasteiger partial charge on any atom is -0.361 e. The average Bonchev–Trinajstić information content (AvgIpc) is 3.21. The Balaban J connectivity index is 1.47. The molecular weight excluding hydrogens is 336 g/mol. The Morgan fingerprint density at radius 3 is 2.54 bits per heavy atom. The lowest BCUT2D eigenvalue weighted by molar-refractivity contribution is -0.130. The van der Waals surface area contributed by atoms with Gasteiger partial charge in [-0.25, -0.2) is 0 Å². The molecule has 1 aromatic rings. The SMILES string of the molecule is Cc1cc(C(=O)N2CCC(NC(=O)C3CC(=O)N(C(C)C)C3)CC2)no1. The van der Waals surface area contributed by atoms with Crippen LogP contribution in [0.1, 0.15) is 49.4 Å². The van der Waals surface area contributed by atoms with Crippen molar-refractivity contribution in [1.82, 2.24) is 20.3 Å². The van der Waals surface area contributed by atoms with Crippen molar-refractivity contribution in [1.29, 1.82) is 0 Å². The highest BCUT2D eigenvalue weighted by Crippen LogP contribution is 2.21. The Labute approximate surface area is 152 Å². The molecule has 0 spiro atoms. The highest BCUT2D eigenvalue weighted by molar-refractivity contribution is 5.92. The van der Waals surface area contributed by atoms with E-state index in [1.807, 2.05) is 13.8 Å². The van der Waals surface area contributed by atoms with Crippen LogP contribution in [0.4, 0.5) is 0 Å². The van der Waals surface area contributed by atoms with Gasteiger partial charge in [0, 0.05) is 44.2 Å². The van der Waals surface area contributed by atoms with Crippen LogP contribution >= 0.6 is 0 Å². The number of piperidine rings is 1. The normalized spacial score (nSPS) is 21.5. The van der Waals surface area contributed by atoms with Crippen molar-refractivity contribution in [2.24, 2.45) is 5.92 Å². The molecule has 1 unspecified atom stereocenters. The van der Waals surface area contributed by atoms with Gasteiger partial charge in [0.1, 0.15) is 5.76 Å². The predicted molar refractivity (Wildman–Crippen MR) is 93.3 cm³/mol. The summed E-state index contributed by atoms with van der Waals surface area (Å²) in [5.74, 6) is 0.183. The topological polar surface area (TPSA) is 95.8 Å². The molecule has 2 fully saturated rings. The van der Waals surface area contributed by atoms with Crippen LogP contribution in [0.15, 0.2) is 10.6 Å². The minimum atomic E-state index is -0.275. The summed E-state index contributed by atoms with van der Waals surface area (Å²) in [6.45, 7) is 7.29. The molecule has 2 saturated heterocycles. The van der Waals surface area contributed by atoms with E-state index in [2.05, 4.69) is 10.5 Å². The number of carbonyl (C=O) groups excluding carboxylic acids is 3. The molecule has 1 N–H and O–H groups in total. The lowest BCUT2D eigenvalue weighted by atomic mass is 10.0. The Hall–Kier alpha value is -2.38. The smallest absolute Gasteiger partial charge is 0.276 e.